The predicted octanol–water partition coefficient (Wildman–Crippen LogP) is 3.95. The third kappa shape index (κ3) is 3.88. The Labute approximate surface area is 158 Å². The van der Waals surface area contributed by atoms with E-state index in [1.54, 1.807) is 36.7 Å². The Bertz CT molecular complexity index is 1010. The second-order valence-corrected chi connectivity index (χ2v) is 5.94. The first-order chi connectivity index (χ1) is 13.5. The molecule has 3 rings (SSSR count). The molecule has 28 heavy (non-hydrogen) atoms. The first kappa shape index (κ1) is 18.8. The molecular formula is C19H15N3O6. The Morgan fingerprint density at radius 1 is 1.00 bits per heavy atom. The molecule has 0 fully saturated rings. The number of hydrogen-bond donors (Lipinski definition) is 1. The summed E-state index contributed by atoms with van der Waals surface area (Å²) in [5.74, 6) is 0. The molecule has 1 N–H and O–H groups in total. The summed E-state index contributed by atoms with van der Waals surface area (Å²) in [4.78, 5) is 35.1. The molecule has 0 aliphatic heterocycles. The molecule has 9 heteroatoms. The number of rotatable bonds is 8. The maximum atomic E-state index is 11.3. The van der Waals surface area contributed by atoms with Crippen LogP contribution in [0.3, 0.4) is 0 Å². The summed E-state index contributed by atoms with van der Waals surface area (Å²) in [5, 5.41) is 22.1. The van der Waals surface area contributed by atoms with E-state index in [2.05, 4.69) is 4.98 Å². The SMILES string of the molecule is O=COC(Cc1c[nH]cc1-c1ccc([N+](=O)[O-])cc1)c1ccccc1[N+](=O)[O-]. The molecule has 0 aliphatic carbocycles. The van der Waals surface area contributed by atoms with Gasteiger partial charge in [-0.1, -0.05) is 12.1 Å². The fourth-order valence-electron chi connectivity index (χ4n) is 3.02. The summed E-state index contributed by atoms with van der Waals surface area (Å²) in [7, 11) is 0. The lowest BCUT2D eigenvalue weighted by Crippen LogP contribution is -2.09. The number of para-hydroxylation sites is 1. The van der Waals surface area contributed by atoms with Gasteiger partial charge >= 0.3 is 0 Å². The van der Waals surface area contributed by atoms with Crippen molar-refractivity contribution in [3.05, 3.63) is 92.3 Å². The minimum atomic E-state index is -0.855. The van der Waals surface area contributed by atoms with Crippen molar-refractivity contribution < 1.29 is 19.4 Å². The van der Waals surface area contributed by atoms with Crippen LogP contribution in [0.15, 0.2) is 60.9 Å². The number of benzene rings is 2. The average molecular weight is 381 g/mol. The summed E-state index contributed by atoms with van der Waals surface area (Å²) in [5.41, 5.74) is 2.36. The van der Waals surface area contributed by atoms with E-state index in [1.165, 1.54) is 24.3 Å². The number of hydrogen-bond acceptors (Lipinski definition) is 6. The molecule has 1 atom stereocenters. The van der Waals surface area contributed by atoms with Crippen molar-refractivity contribution in [1.82, 2.24) is 4.98 Å². The van der Waals surface area contributed by atoms with Crippen molar-refractivity contribution in [2.75, 3.05) is 0 Å². The van der Waals surface area contributed by atoms with Crippen molar-refractivity contribution >= 4 is 17.8 Å². The number of carbonyl (C=O) groups is 1. The highest BCUT2D eigenvalue weighted by atomic mass is 16.6. The van der Waals surface area contributed by atoms with Gasteiger partial charge in [-0.25, -0.2) is 0 Å². The maximum absolute atomic E-state index is 11.3. The summed E-state index contributed by atoms with van der Waals surface area (Å²) in [6, 6.07) is 12.1. The van der Waals surface area contributed by atoms with Gasteiger partial charge < -0.3 is 9.72 Å². The van der Waals surface area contributed by atoms with Crippen LogP contribution >= 0.6 is 0 Å². The van der Waals surface area contributed by atoms with Gasteiger partial charge in [0.1, 0.15) is 6.10 Å². The fourth-order valence-corrected chi connectivity index (χ4v) is 3.02. The Morgan fingerprint density at radius 3 is 2.36 bits per heavy atom. The first-order valence-electron chi connectivity index (χ1n) is 8.24. The third-order valence-electron chi connectivity index (χ3n) is 4.33. The molecule has 0 amide bonds. The summed E-state index contributed by atoms with van der Waals surface area (Å²) < 4.78 is 5.15. The number of aromatic nitrogens is 1. The highest BCUT2D eigenvalue weighted by molar-refractivity contribution is 5.68. The minimum Gasteiger partial charge on any atom is -0.459 e. The Balaban J connectivity index is 1.94. The van der Waals surface area contributed by atoms with Crippen LogP contribution in [-0.4, -0.2) is 21.3 Å². The quantitative estimate of drug-likeness (QED) is 0.357. The molecule has 0 spiro atoms. The van der Waals surface area contributed by atoms with Crippen molar-refractivity contribution in [3.63, 3.8) is 0 Å². The summed E-state index contributed by atoms with van der Waals surface area (Å²) in [6.07, 6.45) is 2.76. The van der Waals surface area contributed by atoms with Crippen LogP contribution in [0.2, 0.25) is 0 Å². The van der Waals surface area contributed by atoms with Crippen LogP contribution in [0.1, 0.15) is 17.2 Å². The average Bonchev–Trinajstić information content (AvgIpc) is 3.16. The molecule has 2 aromatic carbocycles. The molecule has 0 saturated heterocycles. The van der Waals surface area contributed by atoms with Crippen molar-refractivity contribution in [3.8, 4) is 11.1 Å². The number of carbonyl (C=O) groups excluding carboxylic acids is 1. The number of nitrogens with zero attached hydrogens (tertiary/aromatic N) is 2. The van der Waals surface area contributed by atoms with E-state index in [1.807, 2.05) is 0 Å². The van der Waals surface area contributed by atoms with E-state index in [-0.39, 0.29) is 29.8 Å². The van der Waals surface area contributed by atoms with E-state index >= 15 is 0 Å². The van der Waals surface area contributed by atoms with Crippen LogP contribution in [0.5, 0.6) is 0 Å². The fraction of sp³-hybridized carbons (Fsp3) is 0.105. The second kappa shape index (κ2) is 8.12. The Kier molecular flexibility index (Phi) is 5.45. The number of nitro benzene ring substituents is 2. The standard InChI is InChI=1S/C19H15N3O6/c23-12-28-19(16-3-1-2-4-18(16)22(26)27)9-14-10-20-11-17(14)13-5-7-15(8-6-13)21(24)25/h1-8,10-12,19-20H,9H2. The van der Waals surface area contributed by atoms with Crippen LogP contribution in [0.25, 0.3) is 11.1 Å². The van der Waals surface area contributed by atoms with Gasteiger partial charge in [0.25, 0.3) is 17.8 Å². The van der Waals surface area contributed by atoms with Gasteiger partial charge in [0.15, 0.2) is 0 Å². The lowest BCUT2D eigenvalue weighted by Gasteiger charge is -2.16. The van der Waals surface area contributed by atoms with Gasteiger partial charge in [0, 0.05) is 42.6 Å². The number of H-pyrrole nitrogens is 1. The normalized spacial score (nSPS) is 11.6. The molecule has 142 valence electrons. The maximum Gasteiger partial charge on any atom is 0.293 e. The lowest BCUT2D eigenvalue weighted by molar-refractivity contribution is -0.386. The number of nitrogens with one attached hydrogen (secondary N) is 1. The van der Waals surface area contributed by atoms with Crippen molar-refractivity contribution in [1.29, 1.82) is 0 Å². The predicted molar refractivity (Wildman–Crippen MR) is 99.6 cm³/mol. The van der Waals surface area contributed by atoms with Gasteiger partial charge in [-0.2, -0.15) is 0 Å². The van der Waals surface area contributed by atoms with Crippen LogP contribution < -0.4 is 0 Å². The van der Waals surface area contributed by atoms with E-state index in [9.17, 15) is 25.0 Å². The number of nitro groups is 2. The smallest absolute Gasteiger partial charge is 0.293 e. The third-order valence-corrected chi connectivity index (χ3v) is 4.33. The Hall–Kier alpha value is -4.01. The molecule has 0 saturated carbocycles. The van der Waals surface area contributed by atoms with E-state index in [0.717, 1.165) is 16.7 Å². The molecule has 0 aliphatic rings. The number of non-ortho nitro benzene ring substituents is 1. The molecule has 0 radical (unpaired) electrons. The van der Waals surface area contributed by atoms with Gasteiger partial charge in [-0.15, -0.1) is 0 Å². The summed E-state index contributed by atoms with van der Waals surface area (Å²) in [6.45, 7) is 0.263. The minimum absolute atomic E-state index is 0.0251. The van der Waals surface area contributed by atoms with Crippen LogP contribution in [0, 0.1) is 20.2 Å². The molecule has 3 aromatic rings. The molecule has 9 nitrogen and oxygen atoms in total. The number of ether oxygens (including phenoxy) is 1. The van der Waals surface area contributed by atoms with E-state index in [4.69, 9.17) is 4.74 Å². The largest absolute Gasteiger partial charge is 0.459 e. The van der Waals surface area contributed by atoms with Crippen molar-refractivity contribution in [2.45, 2.75) is 12.5 Å². The van der Waals surface area contributed by atoms with Gasteiger partial charge in [0.2, 0.25) is 0 Å². The molecule has 0 bridgehead atoms. The van der Waals surface area contributed by atoms with Gasteiger partial charge in [0.05, 0.1) is 15.4 Å². The van der Waals surface area contributed by atoms with Crippen LogP contribution in [0.4, 0.5) is 11.4 Å². The summed E-state index contributed by atoms with van der Waals surface area (Å²) >= 11 is 0. The topological polar surface area (TPSA) is 128 Å². The first-order valence-corrected chi connectivity index (χ1v) is 8.24. The Morgan fingerprint density at radius 2 is 1.71 bits per heavy atom. The van der Waals surface area contributed by atoms with Gasteiger partial charge in [-0.3, -0.25) is 25.0 Å². The zero-order chi connectivity index (χ0) is 20.1. The van der Waals surface area contributed by atoms with E-state index < -0.39 is 16.0 Å². The highest BCUT2D eigenvalue weighted by Gasteiger charge is 2.24. The number of aromatic amines is 1. The van der Waals surface area contributed by atoms with E-state index in [0.29, 0.717) is 0 Å². The second-order valence-electron chi connectivity index (χ2n) is 5.94. The van der Waals surface area contributed by atoms with Crippen LogP contribution in [-0.2, 0) is 16.0 Å². The molecule has 1 unspecified atom stereocenters. The zero-order valence-corrected chi connectivity index (χ0v) is 14.5. The lowest BCUT2D eigenvalue weighted by atomic mass is 9.96. The monoisotopic (exact) mass is 381 g/mol. The highest BCUT2D eigenvalue weighted by Crippen LogP contribution is 2.33. The molecule has 1 heterocycles. The van der Waals surface area contributed by atoms with Crippen molar-refractivity contribution in [2.24, 2.45) is 0 Å². The molecule has 1 aromatic heterocycles. The zero-order valence-electron chi connectivity index (χ0n) is 14.5. The van der Waals surface area contributed by atoms with Gasteiger partial charge in [-0.05, 0) is 29.3 Å². The molecular weight excluding hydrogens is 366 g/mol.